The molecule has 9 heteroatoms. The largest absolute Gasteiger partial charge is 0.309 e. The number of rotatable bonds is 5. The number of thiophene rings is 1. The van der Waals surface area contributed by atoms with Crippen molar-refractivity contribution in [2.45, 2.75) is 26.3 Å². The highest BCUT2D eigenvalue weighted by molar-refractivity contribution is 7.21. The van der Waals surface area contributed by atoms with Gasteiger partial charge in [-0.25, -0.2) is 9.97 Å². The average Bonchev–Trinajstić information content (AvgIpc) is 3.41. The van der Waals surface area contributed by atoms with E-state index in [-0.39, 0.29) is 17.4 Å². The first-order valence-electron chi connectivity index (χ1n) is 10.6. The predicted molar refractivity (Wildman–Crippen MR) is 129 cm³/mol. The Morgan fingerprint density at radius 2 is 2.00 bits per heavy atom. The summed E-state index contributed by atoms with van der Waals surface area (Å²) in [5, 5.41) is 6.15. The SMILES string of the molecule is Cc1csc(NC(=O)C2CCN(Cc3nc4sc(-c5ccccc5)cc4c(=O)[nH]3)CC2)n1. The van der Waals surface area contributed by atoms with Crippen molar-refractivity contribution in [2.24, 2.45) is 5.92 Å². The zero-order valence-electron chi connectivity index (χ0n) is 17.6. The molecule has 0 saturated carbocycles. The van der Waals surface area contributed by atoms with Crippen LogP contribution in [0.1, 0.15) is 24.4 Å². The third-order valence-electron chi connectivity index (χ3n) is 5.69. The van der Waals surface area contributed by atoms with Gasteiger partial charge < -0.3 is 10.3 Å². The van der Waals surface area contributed by atoms with E-state index in [9.17, 15) is 9.59 Å². The van der Waals surface area contributed by atoms with E-state index in [1.165, 1.54) is 11.3 Å². The summed E-state index contributed by atoms with van der Waals surface area (Å²) in [6, 6.07) is 12.0. The van der Waals surface area contributed by atoms with Gasteiger partial charge in [0.2, 0.25) is 5.91 Å². The van der Waals surface area contributed by atoms with Crippen LogP contribution in [-0.2, 0) is 11.3 Å². The molecule has 1 aliphatic rings. The molecule has 4 heterocycles. The highest BCUT2D eigenvalue weighted by Crippen LogP contribution is 2.31. The van der Waals surface area contributed by atoms with E-state index < -0.39 is 0 Å². The van der Waals surface area contributed by atoms with Crippen molar-refractivity contribution >= 4 is 43.9 Å². The minimum absolute atomic E-state index is 0.0179. The number of nitrogens with zero attached hydrogens (tertiary/aromatic N) is 3. The van der Waals surface area contributed by atoms with E-state index in [2.05, 4.69) is 20.2 Å². The van der Waals surface area contributed by atoms with Gasteiger partial charge in [0, 0.05) is 16.2 Å². The second-order valence-corrected chi connectivity index (χ2v) is 9.93. The van der Waals surface area contributed by atoms with Crippen LogP contribution in [0.15, 0.2) is 46.6 Å². The van der Waals surface area contributed by atoms with Crippen molar-refractivity contribution in [3.63, 3.8) is 0 Å². The molecule has 1 saturated heterocycles. The van der Waals surface area contributed by atoms with Crippen LogP contribution in [0.5, 0.6) is 0 Å². The van der Waals surface area contributed by atoms with E-state index >= 15 is 0 Å². The number of aromatic amines is 1. The van der Waals surface area contributed by atoms with Crippen molar-refractivity contribution in [3.05, 3.63) is 63.7 Å². The normalized spacial score (nSPS) is 15.3. The molecule has 5 rings (SSSR count). The number of hydrogen-bond donors (Lipinski definition) is 2. The summed E-state index contributed by atoms with van der Waals surface area (Å²) >= 11 is 2.99. The number of aromatic nitrogens is 3. The monoisotopic (exact) mass is 465 g/mol. The smallest absolute Gasteiger partial charge is 0.259 e. The van der Waals surface area contributed by atoms with Crippen LogP contribution >= 0.6 is 22.7 Å². The number of nitrogens with one attached hydrogen (secondary N) is 2. The summed E-state index contributed by atoms with van der Waals surface area (Å²) in [5.41, 5.74) is 1.90. The second kappa shape index (κ2) is 8.93. The molecule has 0 spiro atoms. The molecule has 32 heavy (non-hydrogen) atoms. The average molecular weight is 466 g/mol. The molecule has 164 valence electrons. The number of H-pyrrole nitrogens is 1. The Hall–Kier alpha value is -2.88. The molecule has 0 radical (unpaired) electrons. The fourth-order valence-corrected chi connectivity index (χ4v) is 5.73. The van der Waals surface area contributed by atoms with Crippen LogP contribution in [-0.4, -0.2) is 38.8 Å². The van der Waals surface area contributed by atoms with Crippen molar-refractivity contribution in [1.29, 1.82) is 0 Å². The number of thiazole rings is 1. The summed E-state index contributed by atoms with van der Waals surface area (Å²) < 4.78 is 0. The van der Waals surface area contributed by atoms with Gasteiger partial charge in [0.1, 0.15) is 10.7 Å². The van der Waals surface area contributed by atoms with Gasteiger partial charge in [-0.2, -0.15) is 0 Å². The number of piperidine rings is 1. The second-order valence-electron chi connectivity index (χ2n) is 8.04. The molecular formula is C23H23N5O2S2. The van der Waals surface area contributed by atoms with Gasteiger partial charge in [-0.1, -0.05) is 30.3 Å². The highest BCUT2D eigenvalue weighted by Gasteiger charge is 2.26. The Balaban J connectivity index is 1.23. The van der Waals surface area contributed by atoms with Crippen LogP contribution in [0.3, 0.4) is 0 Å². The summed E-state index contributed by atoms with van der Waals surface area (Å²) in [6.07, 6.45) is 1.56. The lowest BCUT2D eigenvalue weighted by molar-refractivity contribution is -0.121. The van der Waals surface area contributed by atoms with E-state index in [4.69, 9.17) is 4.98 Å². The number of carbonyl (C=O) groups excluding carboxylic acids is 1. The molecule has 0 unspecified atom stereocenters. The Kier molecular flexibility index (Phi) is 5.86. The fourth-order valence-electron chi connectivity index (χ4n) is 3.98. The van der Waals surface area contributed by atoms with Crippen molar-refractivity contribution in [3.8, 4) is 10.4 Å². The van der Waals surface area contributed by atoms with E-state index in [1.54, 1.807) is 11.3 Å². The lowest BCUT2D eigenvalue weighted by Gasteiger charge is -2.30. The number of anilines is 1. The Morgan fingerprint density at radius 3 is 2.72 bits per heavy atom. The molecule has 1 fully saturated rings. The third kappa shape index (κ3) is 4.50. The molecule has 0 aliphatic carbocycles. The predicted octanol–water partition coefficient (Wildman–Crippen LogP) is 4.27. The first-order chi connectivity index (χ1) is 15.5. The number of likely N-dealkylation sites (tertiary alicyclic amines) is 1. The molecule has 1 aromatic carbocycles. The lowest BCUT2D eigenvalue weighted by Crippen LogP contribution is -2.38. The number of carbonyl (C=O) groups is 1. The van der Waals surface area contributed by atoms with E-state index in [0.29, 0.717) is 22.9 Å². The van der Waals surface area contributed by atoms with Gasteiger partial charge in [0.15, 0.2) is 5.13 Å². The maximum absolute atomic E-state index is 12.6. The molecule has 0 atom stereocenters. The van der Waals surface area contributed by atoms with Gasteiger partial charge in [0.25, 0.3) is 5.56 Å². The molecule has 1 aliphatic heterocycles. The zero-order valence-corrected chi connectivity index (χ0v) is 19.3. The Labute approximate surface area is 193 Å². The maximum Gasteiger partial charge on any atom is 0.259 e. The van der Waals surface area contributed by atoms with Crippen LogP contribution in [0, 0.1) is 12.8 Å². The fraction of sp³-hybridized carbons (Fsp3) is 0.304. The van der Waals surface area contributed by atoms with Gasteiger partial charge >= 0.3 is 0 Å². The van der Waals surface area contributed by atoms with E-state index in [0.717, 1.165) is 46.9 Å². The number of fused-ring (bicyclic) bond motifs is 1. The van der Waals surface area contributed by atoms with Crippen LogP contribution in [0.25, 0.3) is 20.7 Å². The molecule has 3 aromatic heterocycles. The third-order valence-corrected chi connectivity index (χ3v) is 7.64. The molecular weight excluding hydrogens is 442 g/mol. The highest BCUT2D eigenvalue weighted by atomic mass is 32.1. The standard InChI is InChI=1S/C23H23N5O2S2/c1-14-13-31-23(24-14)27-20(29)16-7-9-28(10-8-16)12-19-25-21(30)17-11-18(32-22(17)26-19)15-5-3-2-4-6-15/h2-6,11,13,16H,7-10,12H2,1H3,(H,24,27,29)(H,25,26,30). The van der Waals surface area contributed by atoms with Crippen LogP contribution in [0.2, 0.25) is 0 Å². The quantitative estimate of drug-likeness (QED) is 0.459. The van der Waals surface area contributed by atoms with Crippen molar-refractivity contribution in [1.82, 2.24) is 19.9 Å². The van der Waals surface area contributed by atoms with Gasteiger partial charge in [0.05, 0.1) is 17.6 Å². The first kappa shape index (κ1) is 21.0. The molecule has 7 nitrogen and oxygen atoms in total. The maximum atomic E-state index is 12.6. The van der Waals surface area contributed by atoms with Crippen molar-refractivity contribution < 1.29 is 4.79 Å². The van der Waals surface area contributed by atoms with Gasteiger partial charge in [-0.15, -0.1) is 22.7 Å². The first-order valence-corrected chi connectivity index (χ1v) is 12.3. The lowest BCUT2D eigenvalue weighted by atomic mass is 9.96. The van der Waals surface area contributed by atoms with Gasteiger partial charge in [-0.05, 0) is 44.5 Å². The zero-order chi connectivity index (χ0) is 22.1. The summed E-state index contributed by atoms with van der Waals surface area (Å²) in [5.74, 6) is 0.694. The van der Waals surface area contributed by atoms with Gasteiger partial charge in [-0.3, -0.25) is 14.5 Å². The topological polar surface area (TPSA) is 91.0 Å². The van der Waals surface area contributed by atoms with Crippen LogP contribution < -0.4 is 10.9 Å². The summed E-state index contributed by atoms with van der Waals surface area (Å²) in [4.78, 5) is 41.2. The Bertz CT molecular complexity index is 1300. The number of hydrogen-bond acceptors (Lipinski definition) is 7. The molecule has 2 N–H and O–H groups in total. The number of aryl methyl sites for hydroxylation is 1. The summed E-state index contributed by atoms with van der Waals surface area (Å²) in [7, 11) is 0. The molecule has 0 bridgehead atoms. The van der Waals surface area contributed by atoms with E-state index in [1.807, 2.05) is 48.7 Å². The van der Waals surface area contributed by atoms with Crippen LogP contribution in [0.4, 0.5) is 5.13 Å². The molecule has 1 amide bonds. The Morgan fingerprint density at radius 1 is 1.22 bits per heavy atom. The number of benzene rings is 1. The molecule has 4 aromatic rings. The summed E-state index contributed by atoms with van der Waals surface area (Å²) in [6.45, 7) is 4.07. The van der Waals surface area contributed by atoms with Crippen molar-refractivity contribution in [2.75, 3.05) is 18.4 Å². The number of amides is 1. The minimum atomic E-state index is -0.101. The minimum Gasteiger partial charge on any atom is -0.309 e.